The molecule has 20 heavy (non-hydrogen) atoms. The summed E-state index contributed by atoms with van der Waals surface area (Å²) in [6, 6.07) is 1.64. The molecule has 2 nitrogen and oxygen atoms in total. The molecule has 1 aromatic carbocycles. The molecule has 0 fully saturated rings. The minimum Gasteiger partial charge on any atom is -0.361 e. The Bertz CT molecular complexity index is 603. The lowest BCUT2D eigenvalue weighted by Crippen LogP contribution is -2.36. The van der Waals surface area contributed by atoms with E-state index < -0.39 is 30.4 Å². The molecule has 1 atom stereocenters. The van der Waals surface area contributed by atoms with Gasteiger partial charge in [-0.2, -0.15) is 13.2 Å². The van der Waals surface area contributed by atoms with Crippen molar-refractivity contribution in [2.75, 3.05) is 6.54 Å². The molecule has 0 amide bonds. The van der Waals surface area contributed by atoms with Crippen molar-refractivity contribution in [3.63, 3.8) is 0 Å². The summed E-state index contributed by atoms with van der Waals surface area (Å²) in [6.45, 7) is 0.518. The third kappa shape index (κ3) is 3.47. The molecule has 1 aromatic heterocycles. The van der Waals surface area contributed by atoms with Crippen molar-refractivity contribution in [3.8, 4) is 0 Å². The first-order valence-corrected chi connectivity index (χ1v) is 6.01. The quantitative estimate of drug-likeness (QED) is 0.829. The van der Waals surface area contributed by atoms with Crippen LogP contribution in [-0.4, -0.2) is 23.7 Å². The van der Waals surface area contributed by atoms with Gasteiger partial charge in [-0.05, 0) is 25.0 Å². The molecule has 2 aromatic rings. The number of halogens is 5. The second-order valence-electron chi connectivity index (χ2n) is 4.73. The van der Waals surface area contributed by atoms with Crippen LogP contribution in [0.1, 0.15) is 12.5 Å². The third-order valence-corrected chi connectivity index (χ3v) is 2.99. The number of aromatic amines is 1. The zero-order valence-electron chi connectivity index (χ0n) is 10.6. The fourth-order valence-corrected chi connectivity index (χ4v) is 2.04. The minimum atomic E-state index is -4.27. The lowest BCUT2D eigenvalue weighted by molar-refractivity contribution is -0.126. The maximum absolute atomic E-state index is 13.2. The number of nitrogens with one attached hydrogen (secondary N) is 2. The van der Waals surface area contributed by atoms with Crippen LogP contribution < -0.4 is 5.32 Å². The van der Waals surface area contributed by atoms with Crippen LogP contribution in [0, 0.1) is 11.6 Å². The summed E-state index contributed by atoms with van der Waals surface area (Å²) in [5.41, 5.74) is 1.06. The van der Waals surface area contributed by atoms with E-state index in [2.05, 4.69) is 10.3 Å². The largest absolute Gasteiger partial charge is 0.401 e. The van der Waals surface area contributed by atoms with E-state index in [0.717, 1.165) is 12.1 Å². The van der Waals surface area contributed by atoms with Crippen LogP contribution in [0.3, 0.4) is 0 Å². The van der Waals surface area contributed by atoms with Gasteiger partial charge in [-0.25, -0.2) is 8.78 Å². The SMILES string of the molecule is CC(Cc1c[nH]c2cc(F)c(F)cc12)NCC(F)(F)F. The predicted octanol–water partition coefficient (Wildman–Crippen LogP) is 3.53. The highest BCUT2D eigenvalue weighted by Gasteiger charge is 2.27. The first kappa shape index (κ1) is 14.8. The van der Waals surface area contributed by atoms with E-state index in [1.54, 1.807) is 13.1 Å². The van der Waals surface area contributed by atoms with Crippen LogP contribution in [0.15, 0.2) is 18.3 Å². The van der Waals surface area contributed by atoms with Crippen molar-refractivity contribution >= 4 is 10.9 Å². The number of aromatic nitrogens is 1. The van der Waals surface area contributed by atoms with Gasteiger partial charge >= 0.3 is 6.18 Å². The first-order chi connectivity index (χ1) is 9.26. The number of hydrogen-bond acceptors (Lipinski definition) is 1. The van der Waals surface area contributed by atoms with E-state index in [1.807, 2.05) is 0 Å². The van der Waals surface area contributed by atoms with Gasteiger partial charge in [0.2, 0.25) is 0 Å². The van der Waals surface area contributed by atoms with Crippen LogP contribution in [-0.2, 0) is 6.42 Å². The molecule has 0 saturated carbocycles. The molecule has 1 unspecified atom stereocenters. The van der Waals surface area contributed by atoms with E-state index >= 15 is 0 Å². The number of rotatable bonds is 4. The summed E-state index contributed by atoms with van der Waals surface area (Å²) in [7, 11) is 0. The van der Waals surface area contributed by atoms with Crippen molar-refractivity contribution in [1.29, 1.82) is 0 Å². The maximum Gasteiger partial charge on any atom is 0.401 e. The standard InChI is InChI=1S/C13H13F5N2/c1-7(20-6-13(16,17)18)2-8-5-19-12-4-11(15)10(14)3-9(8)12/h3-5,7,19-20H,2,6H2,1H3. The fourth-order valence-electron chi connectivity index (χ4n) is 2.04. The smallest absolute Gasteiger partial charge is 0.361 e. The fraction of sp³-hybridized carbons (Fsp3) is 0.385. The van der Waals surface area contributed by atoms with Gasteiger partial charge in [-0.3, -0.25) is 0 Å². The number of H-pyrrole nitrogens is 1. The zero-order chi connectivity index (χ0) is 14.9. The van der Waals surface area contributed by atoms with Crippen LogP contribution in [0.2, 0.25) is 0 Å². The highest BCUT2D eigenvalue weighted by molar-refractivity contribution is 5.83. The molecule has 2 N–H and O–H groups in total. The van der Waals surface area contributed by atoms with Gasteiger partial charge in [0, 0.05) is 29.2 Å². The number of alkyl halides is 3. The van der Waals surface area contributed by atoms with Gasteiger partial charge in [-0.15, -0.1) is 0 Å². The van der Waals surface area contributed by atoms with Crippen molar-refractivity contribution < 1.29 is 22.0 Å². The number of benzene rings is 1. The molecule has 2 rings (SSSR count). The van der Waals surface area contributed by atoms with E-state index in [1.165, 1.54) is 0 Å². The van der Waals surface area contributed by atoms with Gasteiger partial charge in [0.25, 0.3) is 0 Å². The molecule has 0 radical (unpaired) electrons. The Morgan fingerprint density at radius 2 is 1.85 bits per heavy atom. The number of fused-ring (bicyclic) bond motifs is 1. The average Bonchev–Trinajstić information content (AvgIpc) is 2.69. The summed E-state index contributed by atoms with van der Waals surface area (Å²) in [6.07, 6.45) is -2.44. The molecule has 0 bridgehead atoms. The predicted molar refractivity (Wildman–Crippen MR) is 65.4 cm³/mol. The first-order valence-electron chi connectivity index (χ1n) is 6.01. The molecule has 1 heterocycles. The lowest BCUT2D eigenvalue weighted by atomic mass is 10.1. The Labute approximate surface area is 112 Å². The van der Waals surface area contributed by atoms with Crippen molar-refractivity contribution in [2.24, 2.45) is 0 Å². The Morgan fingerprint density at radius 3 is 2.50 bits per heavy atom. The minimum absolute atomic E-state index is 0.279. The van der Waals surface area contributed by atoms with Crippen molar-refractivity contribution in [3.05, 3.63) is 35.5 Å². The van der Waals surface area contributed by atoms with Crippen LogP contribution in [0.5, 0.6) is 0 Å². The lowest BCUT2D eigenvalue weighted by Gasteiger charge is -2.15. The highest BCUT2D eigenvalue weighted by atomic mass is 19.4. The van der Waals surface area contributed by atoms with Crippen molar-refractivity contribution in [1.82, 2.24) is 10.3 Å². The molecular weight excluding hydrogens is 279 g/mol. The monoisotopic (exact) mass is 292 g/mol. The topological polar surface area (TPSA) is 27.8 Å². The summed E-state index contributed by atoms with van der Waals surface area (Å²) < 4.78 is 62.5. The average molecular weight is 292 g/mol. The molecule has 7 heteroatoms. The van der Waals surface area contributed by atoms with Crippen LogP contribution in [0.4, 0.5) is 22.0 Å². The van der Waals surface area contributed by atoms with Gasteiger partial charge in [0.15, 0.2) is 11.6 Å². The summed E-state index contributed by atoms with van der Waals surface area (Å²) in [5.74, 6) is -1.94. The Morgan fingerprint density at radius 1 is 1.20 bits per heavy atom. The van der Waals surface area contributed by atoms with Gasteiger partial charge in [0.1, 0.15) is 0 Å². The molecule has 0 aliphatic rings. The van der Waals surface area contributed by atoms with E-state index in [9.17, 15) is 22.0 Å². The van der Waals surface area contributed by atoms with E-state index in [4.69, 9.17) is 0 Å². The second kappa shape index (κ2) is 5.40. The van der Waals surface area contributed by atoms with Crippen molar-refractivity contribution in [2.45, 2.75) is 25.6 Å². The molecule has 0 aliphatic heterocycles. The molecule has 0 saturated heterocycles. The van der Waals surface area contributed by atoms with Gasteiger partial charge in [0.05, 0.1) is 6.54 Å². The molecule has 110 valence electrons. The van der Waals surface area contributed by atoms with Gasteiger partial charge < -0.3 is 10.3 Å². The second-order valence-corrected chi connectivity index (χ2v) is 4.73. The van der Waals surface area contributed by atoms with Crippen LogP contribution >= 0.6 is 0 Å². The summed E-state index contributed by atoms with van der Waals surface area (Å²) in [4.78, 5) is 2.78. The van der Waals surface area contributed by atoms with E-state index in [0.29, 0.717) is 16.5 Å². The Kier molecular flexibility index (Phi) is 3.99. The number of hydrogen-bond donors (Lipinski definition) is 2. The molecule has 0 spiro atoms. The zero-order valence-corrected chi connectivity index (χ0v) is 10.6. The summed E-state index contributed by atoms with van der Waals surface area (Å²) >= 11 is 0. The van der Waals surface area contributed by atoms with Gasteiger partial charge in [-0.1, -0.05) is 0 Å². The Balaban J connectivity index is 2.12. The Hall–Kier alpha value is -1.63. The molecular formula is C13H13F5N2. The maximum atomic E-state index is 13.2. The van der Waals surface area contributed by atoms with E-state index in [-0.39, 0.29) is 6.42 Å². The summed E-state index contributed by atoms with van der Waals surface area (Å²) in [5, 5.41) is 2.82. The normalized spacial score (nSPS) is 13.9. The van der Waals surface area contributed by atoms with Crippen LogP contribution in [0.25, 0.3) is 10.9 Å². The highest BCUT2D eigenvalue weighted by Crippen LogP contribution is 2.23. The molecule has 0 aliphatic carbocycles. The third-order valence-electron chi connectivity index (χ3n) is 2.99.